The molecule has 0 amide bonds. The molecule has 0 saturated carbocycles. The van der Waals surface area contributed by atoms with Crippen LogP contribution in [0.15, 0.2) is 84.9 Å². The maximum atomic E-state index is 6.24. The number of hydrogen-bond acceptors (Lipinski definition) is 1. The first-order chi connectivity index (χ1) is 16.3. The molecule has 0 aliphatic rings. The van der Waals surface area contributed by atoms with Crippen LogP contribution in [-0.2, 0) is 13.1 Å². The zero-order valence-corrected chi connectivity index (χ0v) is 20.1. The third-order valence-electron chi connectivity index (χ3n) is 5.85. The largest absolute Gasteiger partial charge is 0.493 e. The molecule has 4 rings (SSSR count). The Hall–Kier alpha value is -3.33. The molecule has 4 aromatic rings. The monoisotopic (exact) mass is 439 g/mol. The van der Waals surface area contributed by atoms with Crippen molar-refractivity contribution in [2.75, 3.05) is 6.61 Å². The summed E-state index contributed by atoms with van der Waals surface area (Å²) in [7, 11) is 0. The first-order valence-electron chi connectivity index (χ1n) is 12.3. The number of benzene rings is 3. The lowest BCUT2D eigenvalue weighted by atomic mass is 10.0. The van der Waals surface area contributed by atoms with E-state index in [-0.39, 0.29) is 0 Å². The number of ether oxygens (including phenoxy) is 1. The fourth-order valence-electron chi connectivity index (χ4n) is 4.55. The highest BCUT2D eigenvalue weighted by Crippen LogP contribution is 2.38. The van der Waals surface area contributed by atoms with E-state index in [1.807, 2.05) is 0 Å². The van der Waals surface area contributed by atoms with Crippen LogP contribution in [-0.4, -0.2) is 11.2 Å². The molecule has 0 bridgehead atoms. The Kier molecular flexibility index (Phi) is 7.62. The van der Waals surface area contributed by atoms with Gasteiger partial charge in [-0.1, -0.05) is 93.6 Å². The molecule has 0 atom stereocenters. The number of hydrogen-bond donors (Lipinski definition) is 0. The van der Waals surface area contributed by atoms with Crippen molar-refractivity contribution in [3.05, 3.63) is 84.9 Å². The van der Waals surface area contributed by atoms with E-state index in [4.69, 9.17) is 4.74 Å². The molecule has 1 heterocycles. The van der Waals surface area contributed by atoms with Crippen LogP contribution in [0.2, 0.25) is 0 Å². The first-order valence-corrected chi connectivity index (χ1v) is 12.3. The van der Waals surface area contributed by atoms with Gasteiger partial charge in [0.1, 0.15) is 11.3 Å². The zero-order chi connectivity index (χ0) is 23.0. The van der Waals surface area contributed by atoms with Gasteiger partial charge in [-0.3, -0.25) is 0 Å². The van der Waals surface area contributed by atoms with Crippen molar-refractivity contribution < 1.29 is 9.30 Å². The summed E-state index contributed by atoms with van der Waals surface area (Å²) >= 11 is 0. The van der Waals surface area contributed by atoms with E-state index in [0.717, 1.165) is 50.3 Å². The molecule has 3 aromatic carbocycles. The summed E-state index contributed by atoms with van der Waals surface area (Å²) < 4.78 is 11.3. The molecule has 1 aromatic heterocycles. The maximum Gasteiger partial charge on any atom is 0.293 e. The highest BCUT2D eigenvalue weighted by Gasteiger charge is 2.34. The number of nitrogens with zero attached hydrogens (tertiary/aromatic N) is 2. The van der Waals surface area contributed by atoms with Crippen molar-refractivity contribution in [1.82, 2.24) is 4.57 Å². The van der Waals surface area contributed by atoms with E-state index in [2.05, 4.69) is 115 Å². The molecule has 3 nitrogen and oxygen atoms in total. The summed E-state index contributed by atoms with van der Waals surface area (Å²) in [6, 6.07) is 30.1. The van der Waals surface area contributed by atoms with Crippen LogP contribution in [0, 0.1) is 0 Å². The van der Waals surface area contributed by atoms with Gasteiger partial charge in [-0.2, -0.15) is 0 Å². The molecule has 0 aliphatic carbocycles. The van der Waals surface area contributed by atoms with Crippen LogP contribution < -0.4 is 9.30 Å². The van der Waals surface area contributed by atoms with Crippen LogP contribution in [0.4, 0.5) is 0 Å². The van der Waals surface area contributed by atoms with Crippen molar-refractivity contribution in [2.45, 2.75) is 53.1 Å². The van der Waals surface area contributed by atoms with Gasteiger partial charge in [0.05, 0.1) is 19.7 Å². The predicted octanol–water partition coefficient (Wildman–Crippen LogP) is 7.39. The number of imidazole rings is 1. The second-order valence-electron chi connectivity index (χ2n) is 8.40. The van der Waals surface area contributed by atoms with Crippen molar-refractivity contribution in [2.24, 2.45) is 0 Å². The Labute approximate surface area is 198 Å². The van der Waals surface area contributed by atoms with Crippen molar-refractivity contribution in [1.29, 1.82) is 0 Å². The molecule has 170 valence electrons. The molecule has 0 aliphatic heterocycles. The Morgan fingerprint density at radius 1 is 0.697 bits per heavy atom. The first kappa shape index (κ1) is 22.8. The van der Waals surface area contributed by atoms with E-state index in [9.17, 15) is 0 Å². The molecule has 0 N–H and O–H groups in total. The van der Waals surface area contributed by atoms with Crippen LogP contribution in [0.5, 0.6) is 5.75 Å². The zero-order valence-electron chi connectivity index (χ0n) is 20.1. The average Bonchev–Trinajstić information content (AvgIpc) is 3.18. The van der Waals surface area contributed by atoms with E-state index >= 15 is 0 Å². The standard InChI is InChI=1S/C30H35N2O/c1-4-21-31-28(24-15-9-7-10-16-24)29(25-17-11-8-12-18-25)32(22-5-2)30(31)26-19-13-14-20-27(26)33-23-6-3/h7-20H,4-6,21-23H2,1-3H3/q+1. The number of rotatable bonds is 10. The lowest BCUT2D eigenvalue weighted by Gasteiger charge is -2.11. The fraction of sp³-hybridized carbons (Fsp3) is 0.300. The van der Waals surface area contributed by atoms with Gasteiger partial charge in [0.2, 0.25) is 0 Å². The van der Waals surface area contributed by atoms with Crippen LogP contribution in [0.1, 0.15) is 40.0 Å². The molecule has 3 heteroatoms. The third kappa shape index (κ3) is 4.73. The summed E-state index contributed by atoms with van der Waals surface area (Å²) in [5.74, 6) is 2.18. The van der Waals surface area contributed by atoms with Gasteiger partial charge in [-0.15, -0.1) is 0 Å². The Bertz CT molecular complexity index is 1100. The molecular formula is C30H35N2O+. The fourth-order valence-corrected chi connectivity index (χ4v) is 4.55. The van der Waals surface area contributed by atoms with Gasteiger partial charge in [-0.25, -0.2) is 9.13 Å². The van der Waals surface area contributed by atoms with E-state index in [0.29, 0.717) is 0 Å². The van der Waals surface area contributed by atoms with Crippen molar-refractivity contribution >= 4 is 0 Å². The predicted molar refractivity (Wildman–Crippen MR) is 137 cm³/mol. The second-order valence-corrected chi connectivity index (χ2v) is 8.40. The minimum absolute atomic E-state index is 0.719. The van der Waals surface area contributed by atoms with Gasteiger partial charge < -0.3 is 4.74 Å². The lowest BCUT2D eigenvalue weighted by Crippen LogP contribution is -2.37. The molecule has 0 radical (unpaired) electrons. The van der Waals surface area contributed by atoms with Gasteiger partial charge >= 0.3 is 0 Å². The Morgan fingerprint density at radius 2 is 1.33 bits per heavy atom. The van der Waals surface area contributed by atoms with E-state index < -0.39 is 0 Å². The summed E-state index contributed by atoms with van der Waals surface area (Å²) in [6.45, 7) is 9.27. The second kappa shape index (κ2) is 11.0. The average molecular weight is 440 g/mol. The normalized spacial score (nSPS) is 11.0. The van der Waals surface area contributed by atoms with Crippen LogP contribution in [0.25, 0.3) is 33.9 Å². The Morgan fingerprint density at radius 3 is 1.97 bits per heavy atom. The van der Waals surface area contributed by atoms with Crippen LogP contribution in [0.3, 0.4) is 0 Å². The molecule has 33 heavy (non-hydrogen) atoms. The van der Waals surface area contributed by atoms with Crippen molar-refractivity contribution in [3.63, 3.8) is 0 Å². The molecular weight excluding hydrogens is 404 g/mol. The highest BCUT2D eigenvalue weighted by molar-refractivity contribution is 5.80. The van der Waals surface area contributed by atoms with Gasteiger partial charge in [0.15, 0.2) is 11.4 Å². The third-order valence-corrected chi connectivity index (χ3v) is 5.85. The summed E-state index contributed by atoms with van der Waals surface area (Å²) in [6.07, 6.45) is 3.10. The topological polar surface area (TPSA) is 18.0 Å². The molecule has 0 unspecified atom stereocenters. The van der Waals surface area contributed by atoms with E-state index in [1.165, 1.54) is 28.3 Å². The van der Waals surface area contributed by atoms with E-state index in [1.54, 1.807) is 0 Å². The smallest absolute Gasteiger partial charge is 0.293 e. The SMILES string of the molecule is CCCOc1ccccc1-c1n(CCC)c(-c2ccccc2)c(-c2ccccc2)[n+]1CCC. The molecule has 0 fully saturated rings. The van der Waals surface area contributed by atoms with Gasteiger partial charge in [0, 0.05) is 11.1 Å². The molecule has 0 saturated heterocycles. The number of para-hydroxylation sites is 1. The van der Waals surface area contributed by atoms with Crippen molar-refractivity contribution in [3.8, 4) is 39.7 Å². The summed E-state index contributed by atoms with van der Waals surface area (Å²) in [5, 5.41) is 0. The quantitative estimate of drug-likeness (QED) is 0.236. The summed E-state index contributed by atoms with van der Waals surface area (Å²) in [5.41, 5.74) is 6.20. The van der Waals surface area contributed by atoms with Gasteiger partial charge in [-0.05, 0) is 31.4 Å². The highest BCUT2D eigenvalue weighted by atomic mass is 16.5. The minimum Gasteiger partial charge on any atom is -0.493 e. The molecule has 0 spiro atoms. The minimum atomic E-state index is 0.719. The maximum absolute atomic E-state index is 6.24. The van der Waals surface area contributed by atoms with Crippen LogP contribution >= 0.6 is 0 Å². The summed E-state index contributed by atoms with van der Waals surface area (Å²) in [4.78, 5) is 0. The lowest BCUT2D eigenvalue weighted by molar-refractivity contribution is -0.674. The Balaban J connectivity index is 2.10. The van der Waals surface area contributed by atoms with Gasteiger partial charge in [0.25, 0.3) is 5.82 Å². The number of aromatic nitrogens is 2.